The number of hydrazine groups is 1. The third-order valence-corrected chi connectivity index (χ3v) is 8.43. The molecule has 2 atom stereocenters. The Bertz CT molecular complexity index is 680. The van der Waals surface area contributed by atoms with Gasteiger partial charge in [-0.05, 0) is 12.8 Å². The maximum Gasteiger partial charge on any atom is 0.417 e. The SMILES string of the molecule is CCCCCCCCC1CC(C(F)(F)F)(C(F)(F)F)N2C(CCCCCCCC)CC(C(F)(F)F)(C(F)(F)F)N12. The lowest BCUT2D eigenvalue weighted by atomic mass is 9.82. The molecule has 40 heavy (non-hydrogen) atoms. The van der Waals surface area contributed by atoms with Gasteiger partial charge in [-0.25, -0.2) is 10.0 Å². The van der Waals surface area contributed by atoms with E-state index in [1.165, 1.54) is 0 Å². The van der Waals surface area contributed by atoms with Crippen molar-refractivity contribution in [2.45, 2.75) is 164 Å². The van der Waals surface area contributed by atoms with Crippen LogP contribution in [0.4, 0.5) is 52.7 Å². The van der Waals surface area contributed by atoms with Gasteiger partial charge in [0.15, 0.2) is 0 Å². The van der Waals surface area contributed by atoms with Crippen molar-refractivity contribution in [3.63, 3.8) is 0 Å². The highest BCUT2D eigenvalue weighted by Crippen LogP contribution is 2.66. The molecule has 0 aromatic rings. The van der Waals surface area contributed by atoms with Crippen LogP contribution in [0.15, 0.2) is 0 Å². The third kappa shape index (κ3) is 6.67. The van der Waals surface area contributed by atoms with E-state index in [0.29, 0.717) is 25.7 Å². The van der Waals surface area contributed by atoms with Crippen molar-refractivity contribution in [1.29, 1.82) is 0 Å². The molecule has 0 spiro atoms. The average Bonchev–Trinajstić information content (AvgIpc) is 3.33. The van der Waals surface area contributed by atoms with Crippen molar-refractivity contribution in [3.05, 3.63) is 0 Å². The second-order valence-corrected chi connectivity index (χ2v) is 11.2. The van der Waals surface area contributed by atoms with Crippen molar-refractivity contribution >= 4 is 0 Å². The van der Waals surface area contributed by atoms with Crippen LogP contribution in [0.25, 0.3) is 0 Å². The van der Waals surface area contributed by atoms with Gasteiger partial charge in [0, 0.05) is 24.9 Å². The molecule has 2 fully saturated rings. The molecule has 0 aromatic heterocycles. The molecule has 0 aromatic carbocycles. The number of hydrogen-bond acceptors (Lipinski definition) is 2. The summed E-state index contributed by atoms with van der Waals surface area (Å²) in [4.78, 5) is 0. The first-order valence-corrected chi connectivity index (χ1v) is 14.2. The Morgan fingerprint density at radius 3 is 0.950 bits per heavy atom. The number of unbranched alkanes of at least 4 members (excludes halogenated alkanes) is 10. The lowest BCUT2D eigenvalue weighted by Gasteiger charge is -2.46. The van der Waals surface area contributed by atoms with Crippen LogP contribution in [0.3, 0.4) is 0 Å². The van der Waals surface area contributed by atoms with Crippen LogP contribution in [0, 0.1) is 0 Å². The van der Waals surface area contributed by atoms with Crippen LogP contribution in [0.2, 0.25) is 0 Å². The monoisotopic (exact) mass is 608 g/mol. The van der Waals surface area contributed by atoms with Crippen LogP contribution in [-0.2, 0) is 0 Å². The number of alkyl halides is 12. The highest BCUT2D eigenvalue weighted by Gasteiger charge is 2.88. The number of halogens is 12. The molecular formula is C26H40F12N2. The van der Waals surface area contributed by atoms with E-state index >= 15 is 0 Å². The maximum atomic E-state index is 14.4. The summed E-state index contributed by atoms with van der Waals surface area (Å²) >= 11 is 0. The van der Waals surface area contributed by atoms with Gasteiger partial charge in [-0.2, -0.15) is 52.7 Å². The summed E-state index contributed by atoms with van der Waals surface area (Å²) in [5.74, 6) is 0. The van der Waals surface area contributed by atoms with Gasteiger partial charge in [0.2, 0.25) is 11.1 Å². The molecule has 238 valence electrons. The van der Waals surface area contributed by atoms with Crippen LogP contribution >= 0.6 is 0 Å². The zero-order chi connectivity index (χ0) is 30.6. The van der Waals surface area contributed by atoms with Gasteiger partial charge in [-0.3, -0.25) is 0 Å². The number of nitrogens with zero attached hydrogens (tertiary/aromatic N) is 2. The Kier molecular flexibility index (Phi) is 11.6. The largest absolute Gasteiger partial charge is 0.417 e. The van der Waals surface area contributed by atoms with Crippen molar-refractivity contribution in [2.24, 2.45) is 0 Å². The molecule has 2 unspecified atom stereocenters. The molecule has 2 rings (SSSR count). The van der Waals surface area contributed by atoms with E-state index in [0.717, 1.165) is 25.7 Å². The van der Waals surface area contributed by atoms with Crippen molar-refractivity contribution in [3.8, 4) is 0 Å². The summed E-state index contributed by atoms with van der Waals surface area (Å²) in [5.41, 5.74) is -9.70. The fourth-order valence-corrected chi connectivity index (χ4v) is 6.46. The molecule has 2 aliphatic rings. The van der Waals surface area contributed by atoms with Gasteiger partial charge in [0.25, 0.3) is 0 Å². The van der Waals surface area contributed by atoms with Crippen LogP contribution < -0.4 is 0 Å². The van der Waals surface area contributed by atoms with Gasteiger partial charge in [-0.1, -0.05) is 90.9 Å². The van der Waals surface area contributed by atoms with Crippen LogP contribution in [0.1, 0.15) is 117 Å². The Labute approximate surface area is 227 Å². The molecule has 14 heteroatoms. The minimum absolute atomic E-state index is 0.0849. The molecule has 0 amide bonds. The lowest BCUT2D eigenvalue weighted by molar-refractivity contribution is -0.383. The molecule has 2 aliphatic heterocycles. The van der Waals surface area contributed by atoms with Crippen molar-refractivity contribution in [1.82, 2.24) is 10.0 Å². The third-order valence-electron chi connectivity index (χ3n) is 8.43. The van der Waals surface area contributed by atoms with Gasteiger partial charge in [-0.15, -0.1) is 0 Å². The van der Waals surface area contributed by atoms with Crippen LogP contribution in [-0.4, -0.2) is 57.9 Å². The van der Waals surface area contributed by atoms with Crippen molar-refractivity contribution < 1.29 is 52.7 Å². The summed E-state index contributed by atoms with van der Waals surface area (Å²) in [5, 5.41) is -1.14. The first kappa shape index (κ1) is 35.3. The molecule has 0 bridgehead atoms. The molecule has 0 N–H and O–H groups in total. The van der Waals surface area contributed by atoms with Crippen LogP contribution in [0.5, 0.6) is 0 Å². The highest BCUT2D eigenvalue weighted by molar-refractivity contribution is 5.21. The second kappa shape index (κ2) is 13.2. The molecule has 2 saturated heterocycles. The van der Waals surface area contributed by atoms with E-state index in [2.05, 4.69) is 0 Å². The van der Waals surface area contributed by atoms with Gasteiger partial charge in [0.1, 0.15) is 0 Å². The Morgan fingerprint density at radius 2 is 0.700 bits per heavy atom. The maximum absolute atomic E-state index is 14.4. The Hall–Kier alpha value is -0.920. The Morgan fingerprint density at radius 1 is 0.450 bits per heavy atom. The summed E-state index contributed by atoms with van der Waals surface area (Å²) in [7, 11) is 0. The standard InChI is InChI=1S/C26H40F12N2/c1-3-5-7-9-11-13-15-19-17-21(23(27,28)29,24(30,31)32)40-20(16-14-12-10-8-6-4-2)18-22(39(19)40,25(33,34)35)26(36,37)38/h19-20H,3-18H2,1-2H3. The molecular weight excluding hydrogens is 568 g/mol. The topological polar surface area (TPSA) is 6.48 Å². The predicted octanol–water partition coefficient (Wildman–Crippen LogP) is 10.3. The number of hydrogen-bond donors (Lipinski definition) is 0. The minimum Gasteiger partial charge on any atom is -0.214 e. The number of rotatable bonds is 14. The zero-order valence-electron chi connectivity index (χ0n) is 22.9. The summed E-state index contributed by atoms with van der Waals surface area (Å²) in [6.45, 7) is 3.81. The van der Waals surface area contributed by atoms with E-state index in [1.807, 2.05) is 13.8 Å². The molecule has 0 saturated carbocycles. The minimum atomic E-state index is -6.16. The predicted molar refractivity (Wildman–Crippen MR) is 126 cm³/mol. The van der Waals surface area contributed by atoms with E-state index in [-0.39, 0.29) is 25.7 Å². The zero-order valence-corrected chi connectivity index (χ0v) is 22.9. The van der Waals surface area contributed by atoms with Gasteiger partial charge in [0.05, 0.1) is 0 Å². The summed E-state index contributed by atoms with van der Waals surface area (Å²) in [6, 6.07) is -4.49. The average molecular weight is 609 g/mol. The fourth-order valence-electron chi connectivity index (χ4n) is 6.46. The normalized spacial score (nSPS) is 24.1. The van der Waals surface area contributed by atoms with E-state index in [9.17, 15) is 52.7 Å². The first-order chi connectivity index (χ1) is 18.3. The van der Waals surface area contributed by atoms with Gasteiger partial charge >= 0.3 is 24.7 Å². The summed E-state index contributed by atoms with van der Waals surface area (Å²) in [6.07, 6.45) is -23.7. The van der Waals surface area contributed by atoms with Crippen molar-refractivity contribution in [2.75, 3.05) is 0 Å². The van der Waals surface area contributed by atoms with Gasteiger partial charge < -0.3 is 0 Å². The highest BCUT2D eigenvalue weighted by atomic mass is 19.4. The van der Waals surface area contributed by atoms with E-state index in [1.54, 1.807) is 0 Å². The smallest absolute Gasteiger partial charge is 0.214 e. The van der Waals surface area contributed by atoms with E-state index in [4.69, 9.17) is 0 Å². The molecule has 2 heterocycles. The molecule has 0 aliphatic carbocycles. The quantitative estimate of drug-likeness (QED) is 0.143. The van der Waals surface area contributed by atoms with E-state index < -0.39 is 83.6 Å². The summed E-state index contributed by atoms with van der Waals surface area (Å²) < 4.78 is 173. The number of fused-ring (bicyclic) bond motifs is 1. The lowest BCUT2D eigenvalue weighted by Crippen LogP contribution is -2.71. The second-order valence-electron chi connectivity index (χ2n) is 11.2. The first-order valence-electron chi connectivity index (χ1n) is 14.2. The fraction of sp³-hybridized carbons (Fsp3) is 1.00. The molecule has 0 radical (unpaired) electrons. The Balaban J connectivity index is 2.60. The molecule has 2 nitrogen and oxygen atoms in total.